The van der Waals surface area contributed by atoms with Crippen LogP contribution in [-0.4, -0.2) is 5.91 Å². The molecule has 0 fully saturated rings. The van der Waals surface area contributed by atoms with Gasteiger partial charge in [-0.05, 0) is 43.3 Å². The fraction of sp³-hybridized carbons (Fsp3) is 0.0714. The second-order valence-electron chi connectivity index (χ2n) is 3.94. The first-order valence-corrected chi connectivity index (χ1v) is 5.39. The highest BCUT2D eigenvalue weighted by molar-refractivity contribution is 6.04. The van der Waals surface area contributed by atoms with Gasteiger partial charge in [-0.2, -0.15) is 0 Å². The molecular formula is C14H14N2O. The van der Waals surface area contributed by atoms with E-state index in [1.54, 1.807) is 24.3 Å². The van der Waals surface area contributed by atoms with E-state index < -0.39 is 0 Å². The summed E-state index contributed by atoms with van der Waals surface area (Å²) in [4.78, 5) is 11.9. The van der Waals surface area contributed by atoms with Crippen molar-refractivity contribution in [2.75, 3.05) is 11.1 Å². The number of hydrogen-bond acceptors (Lipinski definition) is 2. The van der Waals surface area contributed by atoms with Crippen molar-refractivity contribution in [1.29, 1.82) is 0 Å². The molecule has 0 unspecified atom stereocenters. The van der Waals surface area contributed by atoms with Crippen LogP contribution in [0, 0.1) is 6.92 Å². The van der Waals surface area contributed by atoms with Gasteiger partial charge in [0.15, 0.2) is 0 Å². The van der Waals surface area contributed by atoms with Crippen LogP contribution >= 0.6 is 0 Å². The molecule has 0 radical (unpaired) electrons. The Morgan fingerprint density at radius 1 is 1.00 bits per heavy atom. The van der Waals surface area contributed by atoms with Crippen molar-refractivity contribution in [1.82, 2.24) is 0 Å². The maximum absolute atomic E-state index is 11.9. The number of nitrogen functional groups attached to an aromatic ring is 1. The first-order chi connectivity index (χ1) is 8.15. The minimum atomic E-state index is -0.116. The zero-order valence-corrected chi connectivity index (χ0v) is 9.60. The highest BCUT2D eigenvalue weighted by Gasteiger charge is 2.04. The van der Waals surface area contributed by atoms with Crippen LogP contribution in [0.2, 0.25) is 0 Å². The quantitative estimate of drug-likeness (QED) is 0.773. The Bertz CT molecular complexity index is 515. The fourth-order valence-corrected chi connectivity index (χ4v) is 1.47. The molecule has 0 heterocycles. The third-order valence-corrected chi connectivity index (χ3v) is 2.48. The van der Waals surface area contributed by atoms with Crippen LogP contribution in [0.4, 0.5) is 11.4 Å². The molecule has 3 N–H and O–H groups in total. The van der Waals surface area contributed by atoms with Gasteiger partial charge in [-0.1, -0.05) is 17.7 Å². The Labute approximate surface area is 100 Å². The van der Waals surface area contributed by atoms with Gasteiger partial charge in [-0.25, -0.2) is 0 Å². The average molecular weight is 226 g/mol. The van der Waals surface area contributed by atoms with Crippen molar-refractivity contribution in [3.05, 3.63) is 59.7 Å². The van der Waals surface area contributed by atoms with E-state index in [1.807, 2.05) is 31.2 Å². The van der Waals surface area contributed by atoms with Gasteiger partial charge in [0, 0.05) is 16.9 Å². The second kappa shape index (κ2) is 4.70. The summed E-state index contributed by atoms with van der Waals surface area (Å²) in [5.74, 6) is -0.116. The molecule has 0 bridgehead atoms. The molecule has 0 aliphatic rings. The molecule has 2 rings (SSSR count). The van der Waals surface area contributed by atoms with Gasteiger partial charge in [0.1, 0.15) is 0 Å². The number of carbonyl (C=O) groups excluding carboxylic acids is 1. The summed E-state index contributed by atoms with van der Waals surface area (Å²) in [5, 5.41) is 2.81. The van der Waals surface area contributed by atoms with E-state index in [-0.39, 0.29) is 5.91 Å². The molecule has 3 nitrogen and oxygen atoms in total. The lowest BCUT2D eigenvalue weighted by atomic mass is 10.1. The predicted molar refractivity (Wildman–Crippen MR) is 70.0 cm³/mol. The van der Waals surface area contributed by atoms with Crippen molar-refractivity contribution in [3.63, 3.8) is 0 Å². The Balaban J connectivity index is 2.11. The molecule has 1 amide bonds. The van der Waals surface area contributed by atoms with Crippen LogP contribution < -0.4 is 11.1 Å². The summed E-state index contributed by atoms with van der Waals surface area (Å²) in [7, 11) is 0. The number of benzene rings is 2. The van der Waals surface area contributed by atoms with Crippen LogP contribution in [0.5, 0.6) is 0 Å². The van der Waals surface area contributed by atoms with Gasteiger partial charge in [-0.3, -0.25) is 4.79 Å². The van der Waals surface area contributed by atoms with Gasteiger partial charge in [0.25, 0.3) is 5.91 Å². The van der Waals surface area contributed by atoms with Crippen LogP contribution in [0.1, 0.15) is 15.9 Å². The molecule has 0 atom stereocenters. The van der Waals surface area contributed by atoms with Crippen LogP contribution in [0.25, 0.3) is 0 Å². The van der Waals surface area contributed by atoms with Gasteiger partial charge in [0.2, 0.25) is 0 Å². The zero-order valence-electron chi connectivity index (χ0n) is 9.60. The molecule has 2 aromatic rings. The Morgan fingerprint density at radius 3 is 2.18 bits per heavy atom. The predicted octanol–water partition coefficient (Wildman–Crippen LogP) is 2.83. The van der Waals surface area contributed by atoms with E-state index in [0.717, 1.165) is 11.3 Å². The fourth-order valence-electron chi connectivity index (χ4n) is 1.47. The van der Waals surface area contributed by atoms with Gasteiger partial charge in [0.05, 0.1) is 0 Å². The first kappa shape index (κ1) is 11.2. The molecule has 86 valence electrons. The van der Waals surface area contributed by atoms with Crippen molar-refractivity contribution in [2.24, 2.45) is 0 Å². The molecule has 0 saturated carbocycles. The Kier molecular flexibility index (Phi) is 3.10. The number of aryl methyl sites for hydroxylation is 1. The first-order valence-electron chi connectivity index (χ1n) is 5.39. The number of hydrogen-bond donors (Lipinski definition) is 2. The normalized spacial score (nSPS) is 9.94. The summed E-state index contributed by atoms with van der Waals surface area (Å²) in [6.07, 6.45) is 0. The molecule has 0 aromatic heterocycles. The standard InChI is InChI=1S/C14H14N2O/c1-10-2-4-11(5-3-10)14(17)16-13-8-6-12(15)7-9-13/h2-9H,15H2,1H3,(H,16,17). The molecule has 0 spiro atoms. The molecule has 0 saturated heterocycles. The van der Waals surface area contributed by atoms with E-state index >= 15 is 0 Å². The molecular weight excluding hydrogens is 212 g/mol. The lowest BCUT2D eigenvalue weighted by Gasteiger charge is -2.05. The molecule has 3 heteroatoms. The summed E-state index contributed by atoms with van der Waals surface area (Å²) in [5.41, 5.74) is 8.77. The van der Waals surface area contributed by atoms with Crippen molar-refractivity contribution < 1.29 is 4.79 Å². The maximum atomic E-state index is 11.9. The van der Waals surface area contributed by atoms with E-state index in [1.165, 1.54) is 0 Å². The van der Waals surface area contributed by atoms with E-state index in [2.05, 4.69) is 5.32 Å². The monoisotopic (exact) mass is 226 g/mol. The summed E-state index contributed by atoms with van der Waals surface area (Å²) < 4.78 is 0. The number of anilines is 2. The van der Waals surface area contributed by atoms with E-state index in [9.17, 15) is 4.79 Å². The SMILES string of the molecule is Cc1ccc(C(=O)Nc2ccc(N)cc2)cc1. The highest BCUT2D eigenvalue weighted by atomic mass is 16.1. The maximum Gasteiger partial charge on any atom is 0.255 e. The minimum absolute atomic E-state index is 0.116. The van der Waals surface area contributed by atoms with Crippen LogP contribution in [-0.2, 0) is 0 Å². The number of nitrogens with two attached hydrogens (primary N) is 1. The molecule has 0 aliphatic carbocycles. The molecule has 2 aromatic carbocycles. The van der Waals surface area contributed by atoms with Crippen molar-refractivity contribution in [2.45, 2.75) is 6.92 Å². The van der Waals surface area contributed by atoms with Crippen molar-refractivity contribution >= 4 is 17.3 Å². The van der Waals surface area contributed by atoms with Gasteiger partial charge in [-0.15, -0.1) is 0 Å². The third-order valence-electron chi connectivity index (χ3n) is 2.48. The topological polar surface area (TPSA) is 55.1 Å². The second-order valence-corrected chi connectivity index (χ2v) is 3.94. The van der Waals surface area contributed by atoms with Gasteiger partial charge >= 0.3 is 0 Å². The zero-order chi connectivity index (χ0) is 12.3. The number of carbonyl (C=O) groups is 1. The van der Waals surface area contributed by atoms with Crippen LogP contribution in [0.3, 0.4) is 0 Å². The van der Waals surface area contributed by atoms with E-state index in [4.69, 9.17) is 5.73 Å². The molecule has 17 heavy (non-hydrogen) atoms. The van der Waals surface area contributed by atoms with Crippen molar-refractivity contribution in [3.8, 4) is 0 Å². The number of nitrogens with one attached hydrogen (secondary N) is 1. The number of amides is 1. The Morgan fingerprint density at radius 2 is 1.59 bits per heavy atom. The molecule has 0 aliphatic heterocycles. The van der Waals surface area contributed by atoms with Crippen LogP contribution in [0.15, 0.2) is 48.5 Å². The largest absolute Gasteiger partial charge is 0.399 e. The summed E-state index contributed by atoms with van der Waals surface area (Å²) >= 11 is 0. The summed E-state index contributed by atoms with van der Waals surface area (Å²) in [6, 6.07) is 14.5. The highest BCUT2D eigenvalue weighted by Crippen LogP contribution is 2.12. The summed E-state index contributed by atoms with van der Waals surface area (Å²) in [6.45, 7) is 1.99. The smallest absolute Gasteiger partial charge is 0.255 e. The Hall–Kier alpha value is -2.29. The minimum Gasteiger partial charge on any atom is -0.399 e. The van der Waals surface area contributed by atoms with Gasteiger partial charge < -0.3 is 11.1 Å². The van der Waals surface area contributed by atoms with E-state index in [0.29, 0.717) is 11.3 Å². The third kappa shape index (κ3) is 2.84. The lowest BCUT2D eigenvalue weighted by Crippen LogP contribution is -2.11. The number of rotatable bonds is 2. The lowest BCUT2D eigenvalue weighted by molar-refractivity contribution is 0.102. The average Bonchev–Trinajstić information content (AvgIpc) is 2.33.